The van der Waals surface area contributed by atoms with Crippen molar-refractivity contribution in [2.75, 3.05) is 0 Å². The highest BCUT2D eigenvalue weighted by molar-refractivity contribution is 6.08. The Morgan fingerprint density at radius 2 is 1.70 bits per heavy atom. The lowest BCUT2D eigenvalue weighted by Gasteiger charge is -2.13. The first-order chi connectivity index (χ1) is 20.6. The molecule has 0 unspecified atom stereocenters. The average Bonchev–Trinajstić information content (AvgIpc) is 3.60. The molecule has 0 atom stereocenters. The van der Waals surface area contributed by atoms with Crippen LogP contribution < -0.4 is 16.6 Å². The van der Waals surface area contributed by atoms with E-state index in [9.17, 15) is 14.4 Å². The van der Waals surface area contributed by atoms with Gasteiger partial charge in [-0.15, -0.1) is 0 Å². The number of H-pyrrole nitrogens is 2. The van der Waals surface area contributed by atoms with Crippen LogP contribution in [0.4, 0.5) is 0 Å². The van der Waals surface area contributed by atoms with Gasteiger partial charge in [0.15, 0.2) is 0 Å². The quantitative estimate of drug-likeness (QED) is 0.208. The summed E-state index contributed by atoms with van der Waals surface area (Å²) >= 11 is 0. The summed E-state index contributed by atoms with van der Waals surface area (Å²) in [6.45, 7) is 7.87. The molecule has 0 saturated carbocycles. The van der Waals surface area contributed by atoms with E-state index in [1.807, 2.05) is 80.9 Å². The minimum atomic E-state index is -0.532. The maximum Gasteiger partial charge on any atom is 0.253 e. The molecule has 0 aliphatic carbocycles. The van der Waals surface area contributed by atoms with E-state index in [1.54, 1.807) is 18.3 Å². The summed E-state index contributed by atoms with van der Waals surface area (Å²) in [4.78, 5) is 48.6. The lowest BCUT2D eigenvalue weighted by Crippen LogP contribution is -2.28. The van der Waals surface area contributed by atoms with E-state index in [4.69, 9.17) is 5.73 Å². The number of para-hydroxylation sites is 1. The number of aryl methyl sites for hydroxylation is 2. The molecule has 3 aromatic heterocycles. The van der Waals surface area contributed by atoms with Crippen molar-refractivity contribution in [1.82, 2.24) is 30.0 Å². The number of imidazole rings is 1. The fourth-order valence-corrected chi connectivity index (χ4v) is 5.46. The molecule has 10 heteroatoms. The topological polar surface area (TPSA) is 152 Å². The van der Waals surface area contributed by atoms with Crippen LogP contribution in [0.15, 0.2) is 71.7 Å². The van der Waals surface area contributed by atoms with Crippen LogP contribution in [-0.2, 0) is 6.54 Å². The van der Waals surface area contributed by atoms with Gasteiger partial charge in [0.1, 0.15) is 11.3 Å². The standard InChI is InChI=1S/C33H31N7O3/c1-17(2)40-28-14-22(13-24(26(28)16-36-40)32(42)35-15-25-18(3)12-19(4)37-33(25)43)20-8-10-21(11-9-20)31-38-27-7-5-6-23(30(34)41)29(27)39-31/h5-14,16-17H,15H2,1-4H3,(H2,34,41)(H,35,42)(H,37,43)(H,38,39). The van der Waals surface area contributed by atoms with Crippen molar-refractivity contribution >= 4 is 33.8 Å². The van der Waals surface area contributed by atoms with Gasteiger partial charge in [-0.3, -0.25) is 19.1 Å². The van der Waals surface area contributed by atoms with Gasteiger partial charge in [-0.05, 0) is 74.7 Å². The van der Waals surface area contributed by atoms with Gasteiger partial charge in [0.2, 0.25) is 0 Å². The second-order valence-electron chi connectivity index (χ2n) is 11.0. The number of nitrogens with zero attached hydrogens (tertiary/aromatic N) is 3. The fraction of sp³-hybridized carbons (Fsp3) is 0.182. The van der Waals surface area contributed by atoms with Gasteiger partial charge < -0.3 is 21.0 Å². The predicted molar refractivity (Wildman–Crippen MR) is 167 cm³/mol. The maximum absolute atomic E-state index is 13.6. The number of nitrogens with one attached hydrogen (secondary N) is 3. The van der Waals surface area contributed by atoms with Crippen molar-refractivity contribution in [2.45, 2.75) is 40.3 Å². The van der Waals surface area contributed by atoms with Crippen LogP contribution in [-0.4, -0.2) is 36.5 Å². The molecule has 0 aliphatic rings. The largest absolute Gasteiger partial charge is 0.366 e. The number of hydrogen-bond donors (Lipinski definition) is 4. The molecule has 0 spiro atoms. The van der Waals surface area contributed by atoms with E-state index >= 15 is 0 Å². The number of rotatable bonds is 7. The summed E-state index contributed by atoms with van der Waals surface area (Å²) in [7, 11) is 0. The number of fused-ring (bicyclic) bond motifs is 2. The van der Waals surface area contributed by atoms with E-state index in [-0.39, 0.29) is 24.1 Å². The zero-order valence-electron chi connectivity index (χ0n) is 24.3. The van der Waals surface area contributed by atoms with Crippen LogP contribution in [0.2, 0.25) is 0 Å². The number of pyridine rings is 1. The number of benzene rings is 3. The molecule has 3 heterocycles. The second-order valence-corrected chi connectivity index (χ2v) is 11.0. The van der Waals surface area contributed by atoms with E-state index in [0.29, 0.717) is 28.0 Å². The molecular formula is C33H31N7O3. The van der Waals surface area contributed by atoms with Gasteiger partial charge in [-0.25, -0.2) is 4.98 Å². The number of nitrogens with two attached hydrogens (primary N) is 1. The van der Waals surface area contributed by atoms with Crippen molar-refractivity contribution in [1.29, 1.82) is 0 Å². The lowest BCUT2D eigenvalue weighted by molar-refractivity contribution is 0.0951. The molecular weight excluding hydrogens is 542 g/mol. The number of primary amides is 1. The summed E-state index contributed by atoms with van der Waals surface area (Å²) in [5, 5.41) is 8.23. The van der Waals surface area contributed by atoms with Gasteiger partial charge in [-0.1, -0.05) is 30.3 Å². The van der Waals surface area contributed by atoms with Gasteiger partial charge >= 0.3 is 0 Å². The summed E-state index contributed by atoms with van der Waals surface area (Å²) in [6.07, 6.45) is 1.71. The molecule has 0 fully saturated rings. The Bertz CT molecular complexity index is 2100. The van der Waals surface area contributed by atoms with Crippen molar-refractivity contribution in [3.63, 3.8) is 0 Å². The number of hydrogen-bond acceptors (Lipinski definition) is 5. The third-order valence-corrected chi connectivity index (χ3v) is 7.64. The van der Waals surface area contributed by atoms with Crippen molar-refractivity contribution in [2.24, 2.45) is 5.73 Å². The first-order valence-electron chi connectivity index (χ1n) is 14.0. The van der Waals surface area contributed by atoms with Crippen LogP contribution in [0.5, 0.6) is 0 Å². The number of aromatic amines is 2. The monoisotopic (exact) mass is 573 g/mol. The van der Waals surface area contributed by atoms with E-state index < -0.39 is 5.91 Å². The number of amides is 2. The van der Waals surface area contributed by atoms with Crippen molar-refractivity contribution < 1.29 is 9.59 Å². The SMILES string of the molecule is Cc1cc(C)c(CNC(=O)c2cc(-c3ccc(-c4nc5c(C(N)=O)cccc5[nH]4)cc3)cc3c2cnn3C(C)C)c(=O)[nH]1. The van der Waals surface area contributed by atoms with Crippen LogP contribution in [0.25, 0.3) is 44.5 Å². The van der Waals surface area contributed by atoms with E-state index in [2.05, 4.69) is 25.4 Å². The average molecular weight is 574 g/mol. The van der Waals surface area contributed by atoms with Gasteiger partial charge in [-0.2, -0.15) is 5.10 Å². The highest BCUT2D eigenvalue weighted by Gasteiger charge is 2.19. The van der Waals surface area contributed by atoms with Gasteiger partial charge in [0.05, 0.1) is 28.4 Å². The molecule has 43 heavy (non-hydrogen) atoms. The second kappa shape index (κ2) is 10.7. The van der Waals surface area contributed by atoms with Gasteiger partial charge in [0, 0.05) is 34.8 Å². The first kappa shape index (κ1) is 27.6. The number of carbonyl (C=O) groups is 2. The molecule has 0 radical (unpaired) electrons. The molecule has 6 aromatic rings. The molecule has 0 aliphatic heterocycles. The normalized spacial score (nSPS) is 11.5. The highest BCUT2D eigenvalue weighted by atomic mass is 16.2. The summed E-state index contributed by atoms with van der Waals surface area (Å²) < 4.78 is 1.89. The smallest absolute Gasteiger partial charge is 0.253 e. The molecule has 6 rings (SSSR count). The lowest BCUT2D eigenvalue weighted by atomic mass is 9.98. The summed E-state index contributed by atoms with van der Waals surface area (Å²) in [5.74, 6) is -0.209. The van der Waals surface area contributed by atoms with E-state index in [1.165, 1.54) is 0 Å². The first-order valence-corrected chi connectivity index (χ1v) is 14.0. The minimum Gasteiger partial charge on any atom is -0.366 e. The molecule has 2 amide bonds. The minimum absolute atomic E-state index is 0.0817. The number of carbonyl (C=O) groups excluding carboxylic acids is 2. The molecule has 10 nitrogen and oxygen atoms in total. The Hall–Kier alpha value is -5.51. The van der Waals surface area contributed by atoms with Crippen molar-refractivity contribution in [3.8, 4) is 22.5 Å². The molecule has 0 saturated heterocycles. The highest BCUT2D eigenvalue weighted by Crippen LogP contribution is 2.31. The van der Waals surface area contributed by atoms with Crippen LogP contribution >= 0.6 is 0 Å². The Balaban J connectivity index is 1.36. The maximum atomic E-state index is 13.6. The van der Waals surface area contributed by atoms with Crippen LogP contribution in [0.3, 0.4) is 0 Å². The Kier molecular flexibility index (Phi) is 6.89. The summed E-state index contributed by atoms with van der Waals surface area (Å²) in [5.41, 5.74) is 12.9. The van der Waals surface area contributed by atoms with Crippen LogP contribution in [0, 0.1) is 13.8 Å². The molecule has 0 bridgehead atoms. The summed E-state index contributed by atoms with van der Waals surface area (Å²) in [6, 6.07) is 18.9. The Morgan fingerprint density at radius 1 is 0.953 bits per heavy atom. The zero-order chi connectivity index (χ0) is 30.4. The molecule has 5 N–H and O–H groups in total. The van der Waals surface area contributed by atoms with Crippen molar-refractivity contribution in [3.05, 3.63) is 105 Å². The van der Waals surface area contributed by atoms with E-state index in [0.717, 1.165) is 44.4 Å². The Labute approximate surface area is 247 Å². The van der Waals surface area contributed by atoms with Gasteiger partial charge in [0.25, 0.3) is 17.4 Å². The molecule has 216 valence electrons. The molecule has 3 aromatic carbocycles. The zero-order valence-corrected chi connectivity index (χ0v) is 24.3. The third kappa shape index (κ3) is 5.07. The van der Waals surface area contributed by atoms with Crippen LogP contribution in [0.1, 0.15) is 57.4 Å². The predicted octanol–water partition coefficient (Wildman–Crippen LogP) is 5.16. The fourth-order valence-electron chi connectivity index (χ4n) is 5.46. The third-order valence-electron chi connectivity index (χ3n) is 7.64. The Morgan fingerprint density at radius 3 is 2.40 bits per heavy atom. The number of aromatic nitrogens is 5.